The van der Waals surface area contributed by atoms with Gasteiger partial charge < -0.3 is 10.4 Å². The number of rotatable bonds is 6. The number of hydrogen-bond donors (Lipinski definition) is 2. The van der Waals surface area contributed by atoms with Crippen molar-refractivity contribution in [2.24, 2.45) is 5.92 Å². The maximum Gasteiger partial charge on any atom is 0.326 e. The molecular formula is C20H20N4O3. The van der Waals surface area contributed by atoms with Crippen LogP contribution in [0.5, 0.6) is 0 Å². The molecule has 0 spiro atoms. The molecule has 2 N–H and O–H groups in total. The third kappa shape index (κ3) is 3.28. The molecule has 1 aromatic carbocycles. The Morgan fingerprint density at radius 2 is 2.04 bits per heavy atom. The third-order valence-corrected chi connectivity index (χ3v) is 4.87. The fourth-order valence-electron chi connectivity index (χ4n) is 3.25. The monoisotopic (exact) mass is 364 g/mol. The number of nitrogens with zero attached hydrogens (tertiary/aromatic N) is 3. The molecule has 2 heterocycles. The summed E-state index contributed by atoms with van der Waals surface area (Å²) in [4.78, 5) is 29.1. The maximum atomic E-state index is 12.9. The Labute approximate surface area is 156 Å². The van der Waals surface area contributed by atoms with Crippen molar-refractivity contribution in [1.82, 2.24) is 20.1 Å². The molecule has 1 amide bonds. The first-order valence-corrected chi connectivity index (χ1v) is 9.04. The van der Waals surface area contributed by atoms with Crippen molar-refractivity contribution in [1.29, 1.82) is 0 Å². The average molecular weight is 364 g/mol. The Balaban J connectivity index is 1.79. The number of carboxylic acid groups (broad SMARTS) is 1. The van der Waals surface area contributed by atoms with Gasteiger partial charge in [0.05, 0.1) is 22.8 Å². The lowest BCUT2D eigenvalue weighted by Gasteiger charge is -2.14. The van der Waals surface area contributed by atoms with Gasteiger partial charge in [0.1, 0.15) is 6.04 Å². The molecule has 0 radical (unpaired) electrons. The number of fused-ring (bicyclic) bond motifs is 1. The van der Waals surface area contributed by atoms with E-state index >= 15 is 0 Å². The second kappa shape index (κ2) is 6.83. The zero-order chi connectivity index (χ0) is 19.0. The van der Waals surface area contributed by atoms with Crippen LogP contribution in [0.3, 0.4) is 0 Å². The molecule has 3 aromatic rings. The first-order chi connectivity index (χ1) is 13.1. The highest BCUT2D eigenvalue weighted by Gasteiger charge is 2.37. The molecule has 1 aliphatic rings. The molecule has 138 valence electrons. The molecule has 1 fully saturated rings. The summed E-state index contributed by atoms with van der Waals surface area (Å²) in [5.41, 5.74) is 2.55. The number of carbonyl (C=O) groups excluding carboxylic acids is 1. The number of aryl methyl sites for hydroxylation is 1. The van der Waals surface area contributed by atoms with Crippen molar-refractivity contribution in [3.8, 4) is 11.3 Å². The van der Waals surface area contributed by atoms with Gasteiger partial charge in [0.2, 0.25) is 0 Å². The number of pyridine rings is 1. The van der Waals surface area contributed by atoms with Gasteiger partial charge in [0.25, 0.3) is 5.91 Å². The minimum atomic E-state index is -0.997. The van der Waals surface area contributed by atoms with Gasteiger partial charge in [-0.3, -0.25) is 4.79 Å². The van der Waals surface area contributed by atoms with Gasteiger partial charge in [-0.25, -0.2) is 14.5 Å². The smallest absolute Gasteiger partial charge is 0.326 e. The lowest BCUT2D eigenvalue weighted by atomic mass is 10.1. The van der Waals surface area contributed by atoms with E-state index < -0.39 is 17.9 Å². The van der Waals surface area contributed by atoms with Crippen LogP contribution in [0.15, 0.2) is 42.6 Å². The molecular weight excluding hydrogens is 344 g/mol. The summed E-state index contributed by atoms with van der Waals surface area (Å²) in [6.07, 6.45) is 3.26. The topological polar surface area (TPSA) is 97.1 Å². The average Bonchev–Trinajstić information content (AvgIpc) is 3.44. The molecule has 2 aromatic heterocycles. The van der Waals surface area contributed by atoms with Crippen LogP contribution in [-0.4, -0.2) is 37.8 Å². The van der Waals surface area contributed by atoms with Gasteiger partial charge in [-0.2, -0.15) is 5.10 Å². The number of aromatic nitrogens is 3. The predicted molar refractivity (Wildman–Crippen MR) is 100 cm³/mol. The van der Waals surface area contributed by atoms with E-state index in [-0.39, 0.29) is 5.92 Å². The standard InChI is InChI=1S/C20H20N4O3/c1-2-24-18-15(11-21-24)14(10-16(22-18)12-6-4-3-5-7-12)19(25)23-17(20(26)27)13-8-9-13/h3-7,10-11,13,17H,2,8-9H2,1H3,(H,23,25)(H,26,27). The van der Waals surface area contributed by atoms with Crippen molar-refractivity contribution < 1.29 is 14.7 Å². The van der Waals surface area contributed by atoms with Crippen molar-refractivity contribution in [3.63, 3.8) is 0 Å². The number of carboxylic acids is 1. The van der Waals surface area contributed by atoms with Gasteiger partial charge >= 0.3 is 5.97 Å². The highest BCUT2D eigenvalue weighted by molar-refractivity contribution is 6.07. The molecule has 7 heteroatoms. The van der Waals surface area contributed by atoms with Gasteiger partial charge in [-0.05, 0) is 31.7 Å². The van der Waals surface area contributed by atoms with Crippen molar-refractivity contribution >= 4 is 22.9 Å². The van der Waals surface area contributed by atoms with Crippen LogP contribution in [0, 0.1) is 5.92 Å². The number of nitrogens with one attached hydrogen (secondary N) is 1. The largest absolute Gasteiger partial charge is 0.480 e. The normalized spacial score (nSPS) is 14.9. The molecule has 27 heavy (non-hydrogen) atoms. The lowest BCUT2D eigenvalue weighted by Crippen LogP contribution is -2.42. The van der Waals surface area contributed by atoms with Crippen LogP contribution in [0.25, 0.3) is 22.3 Å². The van der Waals surface area contributed by atoms with Crippen molar-refractivity contribution in [2.75, 3.05) is 0 Å². The van der Waals surface area contributed by atoms with E-state index in [0.717, 1.165) is 18.4 Å². The Bertz CT molecular complexity index is 1010. The van der Waals surface area contributed by atoms with Gasteiger partial charge in [0.15, 0.2) is 5.65 Å². The van der Waals surface area contributed by atoms with Crippen LogP contribution >= 0.6 is 0 Å². The number of aliphatic carboxylic acids is 1. The minimum Gasteiger partial charge on any atom is -0.480 e. The molecule has 0 bridgehead atoms. The van der Waals surface area contributed by atoms with Crippen LogP contribution < -0.4 is 5.32 Å². The van der Waals surface area contributed by atoms with E-state index in [1.807, 2.05) is 37.3 Å². The van der Waals surface area contributed by atoms with E-state index in [1.165, 1.54) is 0 Å². The third-order valence-electron chi connectivity index (χ3n) is 4.87. The molecule has 1 aliphatic carbocycles. The zero-order valence-corrected chi connectivity index (χ0v) is 14.9. The van der Waals surface area contributed by atoms with Gasteiger partial charge in [-0.15, -0.1) is 0 Å². The maximum absolute atomic E-state index is 12.9. The van der Waals surface area contributed by atoms with E-state index in [2.05, 4.69) is 15.4 Å². The predicted octanol–water partition coefficient (Wildman–Crippen LogP) is 2.71. The van der Waals surface area contributed by atoms with Crippen molar-refractivity contribution in [2.45, 2.75) is 32.4 Å². The van der Waals surface area contributed by atoms with Crippen LogP contribution in [0.1, 0.15) is 30.1 Å². The summed E-state index contributed by atoms with van der Waals surface area (Å²) >= 11 is 0. The van der Waals surface area contributed by atoms with E-state index in [1.54, 1.807) is 16.9 Å². The van der Waals surface area contributed by atoms with Gasteiger partial charge in [0, 0.05) is 12.1 Å². The summed E-state index contributed by atoms with van der Waals surface area (Å²) in [5.74, 6) is -1.39. The quantitative estimate of drug-likeness (QED) is 0.701. The molecule has 7 nitrogen and oxygen atoms in total. The van der Waals surface area contributed by atoms with Gasteiger partial charge in [-0.1, -0.05) is 30.3 Å². The highest BCUT2D eigenvalue weighted by atomic mass is 16.4. The SMILES string of the molecule is CCn1ncc2c(C(=O)NC(C(=O)O)C3CC3)cc(-c3ccccc3)nc21. The Hall–Kier alpha value is -3.22. The molecule has 0 saturated heterocycles. The van der Waals surface area contributed by atoms with E-state index in [4.69, 9.17) is 0 Å². The van der Waals surface area contributed by atoms with Crippen LogP contribution in [0.2, 0.25) is 0 Å². The minimum absolute atomic E-state index is 0.00994. The highest BCUT2D eigenvalue weighted by Crippen LogP contribution is 2.33. The zero-order valence-electron chi connectivity index (χ0n) is 14.9. The summed E-state index contributed by atoms with van der Waals surface area (Å²) in [5, 5.41) is 17.0. The summed E-state index contributed by atoms with van der Waals surface area (Å²) < 4.78 is 1.73. The second-order valence-corrected chi connectivity index (χ2v) is 6.75. The molecule has 1 unspecified atom stereocenters. The molecule has 1 atom stereocenters. The molecule has 4 rings (SSSR count). The summed E-state index contributed by atoms with van der Waals surface area (Å²) in [6, 6.07) is 10.4. The first kappa shape index (κ1) is 17.2. The Morgan fingerprint density at radius 1 is 1.30 bits per heavy atom. The van der Waals surface area contributed by atoms with Crippen LogP contribution in [0.4, 0.5) is 0 Å². The number of hydrogen-bond acceptors (Lipinski definition) is 4. The second-order valence-electron chi connectivity index (χ2n) is 6.75. The number of carbonyl (C=O) groups is 2. The fraction of sp³-hybridized carbons (Fsp3) is 0.300. The van der Waals surface area contributed by atoms with Crippen LogP contribution in [-0.2, 0) is 11.3 Å². The number of benzene rings is 1. The Morgan fingerprint density at radius 3 is 2.67 bits per heavy atom. The number of amides is 1. The lowest BCUT2D eigenvalue weighted by molar-refractivity contribution is -0.139. The Kier molecular flexibility index (Phi) is 4.35. The fourth-order valence-corrected chi connectivity index (χ4v) is 3.25. The van der Waals surface area contributed by atoms with E-state index in [0.29, 0.717) is 28.8 Å². The van der Waals surface area contributed by atoms with Crippen molar-refractivity contribution in [3.05, 3.63) is 48.2 Å². The summed E-state index contributed by atoms with van der Waals surface area (Å²) in [7, 11) is 0. The first-order valence-electron chi connectivity index (χ1n) is 9.04. The molecule has 1 saturated carbocycles. The molecule has 0 aliphatic heterocycles. The summed E-state index contributed by atoms with van der Waals surface area (Å²) in [6.45, 7) is 2.58. The van der Waals surface area contributed by atoms with E-state index in [9.17, 15) is 14.7 Å².